The van der Waals surface area contributed by atoms with Gasteiger partial charge < -0.3 is 14.8 Å². The van der Waals surface area contributed by atoms with Crippen molar-refractivity contribution in [1.82, 2.24) is 0 Å². The SMILES string of the molecule is COC(=O)c1cc(NC(=O)CN(c2cccc(Cl)c2C)S(=O)(=O)c2ccc(C)cc2)cc(C(=O)OC)c1. The normalized spacial score (nSPS) is 10.9. The molecule has 0 spiro atoms. The molecule has 9 nitrogen and oxygen atoms in total. The summed E-state index contributed by atoms with van der Waals surface area (Å²) < 4.78 is 37.7. The summed E-state index contributed by atoms with van der Waals surface area (Å²) in [5.41, 5.74) is 1.62. The minimum atomic E-state index is -4.18. The molecule has 3 aromatic rings. The van der Waals surface area contributed by atoms with Crippen LogP contribution in [0, 0.1) is 13.8 Å². The molecule has 0 aliphatic carbocycles. The fourth-order valence-electron chi connectivity index (χ4n) is 3.51. The number of hydrogen-bond acceptors (Lipinski definition) is 7. The predicted molar refractivity (Wildman–Crippen MR) is 140 cm³/mol. The maximum absolute atomic E-state index is 13.6. The monoisotopic (exact) mass is 544 g/mol. The molecule has 0 unspecified atom stereocenters. The Morgan fingerprint density at radius 1 is 0.892 bits per heavy atom. The van der Waals surface area contributed by atoms with E-state index in [1.54, 1.807) is 37.3 Å². The van der Waals surface area contributed by atoms with E-state index in [0.717, 1.165) is 9.87 Å². The number of methoxy groups -OCH3 is 2. The van der Waals surface area contributed by atoms with Gasteiger partial charge in [0.1, 0.15) is 6.54 Å². The highest BCUT2D eigenvalue weighted by Gasteiger charge is 2.29. The summed E-state index contributed by atoms with van der Waals surface area (Å²) in [5, 5.41) is 2.88. The molecule has 0 aliphatic heterocycles. The van der Waals surface area contributed by atoms with Gasteiger partial charge in [0.15, 0.2) is 0 Å². The van der Waals surface area contributed by atoms with Gasteiger partial charge in [0.25, 0.3) is 10.0 Å². The van der Waals surface area contributed by atoms with Crippen molar-refractivity contribution >= 4 is 50.8 Å². The number of ether oxygens (including phenoxy) is 2. The number of carbonyl (C=O) groups excluding carboxylic acids is 3. The first-order valence-electron chi connectivity index (χ1n) is 10.9. The molecule has 0 saturated carbocycles. The van der Waals surface area contributed by atoms with Gasteiger partial charge >= 0.3 is 11.9 Å². The van der Waals surface area contributed by atoms with Gasteiger partial charge in [0.2, 0.25) is 5.91 Å². The summed E-state index contributed by atoms with van der Waals surface area (Å²) >= 11 is 6.25. The Morgan fingerprint density at radius 3 is 2.00 bits per heavy atom. The molecule has 0 radical (unpaired) electrons. The van der Waals surface area contributed by atoms with Crippen LogP contribution in [0.5, 0.6) is 0 Å². The van der Waals surface area contributed by atoms with E-state index < -0.39 is 34.4 Å². The first kappa shape index (κ1) is 27.7. The van der Waals surface area contributed by atoms with E-state index in [1.165, 1.54) is 44.6 Å². The zero-order chi connectivity index (χ0) is 27.3. The molecule has 3 rings (SSSR count). The van der Waals surface area contributed by atoms with Crippen molar-refractivity contribution < 1.29 is 32.3 Å². The number of nitrogens with zero attached hydrogens (tertiary/aromatic N) is 1. The van der Waals surface area contributed by atoms with E-state index in [0.29, 0.717) is 10.6 Å². The number of halogens is 1. The Bertz CT molecular complexity index is 1420. The zero-order valence-corrected chi connectivity index (χ0v) is 22.1. The minimum absolute atomic E-state index is 0.00415. The quantitative estimate of drug-likeness (QED) is 0.418. The standard InChI is InChI=1S/C26H25ClN2O7S/c1-16-8-10-21(11-9-16)37(33,34)29(23-7-5-6-22(27)17(23)2)15-24(30)28-20-13-18(25(31)35-3)12-19(14-20)26(32)36-4/h5-14H,15H2,1-4H3,(H,28,30). The van der Waals surface area contributed by atoms with Gasteiger partial charge in [-0.3, -0.25) is 9.10 Å². The molecule has 0 aromatic heterocycles. The lowest BCUT2D eigenvalue weighted by atomic mass is 10.1. The maximum atomic E-state index is 13.6. The van der Waals surface area contributed by atoms with Gasteiger partial charge in [-0.2, -0.15) is 0 Å². The first-order valence-corrected chi connectivity index (χ1v) is 12.8. The van der Waals surface area contributed by atoms with Gasteiger partial charge in [0.05, 0.1) is 35.9 Å². The number of benzene rings is 3. The largest absolute Gasteiger partial charge is 0.465 e. The lowest BCUT2D eigenvalue weighted by molar-refractivity contribution is -0.114. The summed E-state index contributed by atoms with van der Waals surface area (Å²) in [4.78, 5) is 37.3. The molecule has 0 bridgehead atoms. The lowest BCUT2D eigenvalue weighted by Gasteiger charge is -2.26. The average molecular weight is 545 g/mol. The molecule has 1 amide bonds. The van der Waals surface area contributed by atoms with E-state index in [4.69, 9.17) is 21.1 Å². The zero-order valence-electron chi connectivity index (χ0n) is 20.6. The molecule has 1 N–H and O–H groups in total. The van der Waals surface area contributed by atoms with Gasteiger partial charge in [-0.05, 0) is 61.9 Å². The highest BCUT2D eigenvalue weighted by Crippen LogP contribution is 2.31. The first-order chi connectivity index (χ1) is 17.5. The van der Waals surface area contributed by atoms with E-state index in [9.17, 15) is 22.8 Å². The van der Waals surface area contributed by atoms with Crippen LogP contribution in [0.15, 0.2) is 65.6 Å². The number of carbonyl (C=O) groups is 3. The third-order valence-electron chi connectivity index (χ3n) is 5.46. The van der Waals surface area contributed by atoms with Crippen LogP contribution in [0.3, 0.4) is 0 Å². The van der Waals surface area contributed by atoms with Crippen LogP contribution in [-0.2, 0) is 24.3 Å². The maximum Gasteiger partial charge on any atom is 0.337 e. The number of anilines is 2. The van der Waals surface area contributed by atoms with Crippen molar-refractivity contribution in [3.63, 3.8) is 0 Å². The molecule has 0 aliphatic rings. The lowest BCUT2D eigenvalue weighted by Crippen LogP contribution is -2.38. The molecule has 0 fully saturated rings. The summed E-state index contributed by atoms with van der Waals surface area (Å²) in [7, 11) is -1.84. The molecule has 0 heterocycles. The predicted octanol–water partition coefficient (Wildman–Crippen LogP) is 4.36. The topological polar surface area (TPSA) is 119 Å². The molecule has 194 valence electrons. The number of nitrogens with one attached hydrogen (secondary N) is 1. The van der Waals surface area contributed by atoms with Crippen LogP contribution in [0.25, 0.3) is 0 Å². The van der Waals surface area contributed by atoms with Crippen molar-refractivity contribution in [3.8, 4) is 0 Å². The second-order valence-electron chi connectivity index (χ2n) is 8.04. The smallest absolute Gasteiger partial charge is 0.337 e. The Kier molecular flexibility index (Phi) is 8.57. The molecular formula is C26H25ClN2O7S. The Hall–Kier alpha value is -3.89. The number of hydrogen-bond donors (Lipinski definition) is 1. The van der Waals surface area contributed by atoms with Crippen molar-refractivity contribution in [2.45, 2.75) is 18.7 Å². The molecule has 11 heteroatoms. The summed E-state index contributed by atoms with van der Waals surface area (Å²) in [6, 6.07) is 14.8. The minimum Gasteiger partial charge on any atom is -0.465 e. The van der Waals surface area contributed by atoms with E-state index in [2.05, 4.69) is 5.32 Å². The van der Waals surface area contributed by atoms with Crippen molar-refractivity contribution in [2.75, 3.05) is 30.4 Å². The summed E-state index contributed by atoms with van der Waals surface area (Å²) in [6.07, 6.45) is 0. The highest BCUT2D eigenvalue weighted by molar-refractivity contribution is 7.92. The van der Waals surface area contributed by atoms with E-state index >= 15 is 0 Å². The fraction of sp³-hybridized carbons (Fsp3) is 0.192. The molecule has 0 saturated heterocycles. The van der Waals surface area contributed by atoms with Crippen LogP contribution in [0.2, 0.25) is 5.02 Å². The molecule has 3 aromatic carbocycles. The molecule has 0 atom stereocenters. The van der Waals surface area contributed by atoms with E-state index in [1.807, 2.05) is 6.92 Å². The molecular weight excluding hydrogens is 520 g/mol. The van der Waals surface area contributed by atoms with Gasteiger partial charge in [0, 0.05) is 10.7 Å². The summed E-state index contributed by atoms with van der Waals surface area (Å²) in [6.45, 7) is 2.86. The van der Waals surface area contributed by atoms with Crippen molar-refractivity contribution in [1.29, 1.82) is 0 Å². The van der Waals surface area contributed by atoms with Crippen LogP contribution in [0.1, 0.15) is 31.8 Å². The summed E-state index contributed by atoms with van der Waals surface area (Å²) in [5.74, 6) is -2.20. The molecule has 37 heavy (non-hydrogen) atoms. The Balaban J connectivity index is 2.02. The average Bonchev–Trinajstić information content (AvgIpc) is 2.88. The Labute approximate surface area is 220 Å². The van der Waals surface area contributed by atoms with Gasteiger partial charge in [-0.1, -0.05) is 35.4 Å². The fourth-order valence-corrected chi connectivity index (χ4v) is 5.15. The van der Waals surface area contributed by atoms with E-state index in [-0.39, 0.29) is 27.4 Å². The third-order valence-corrected chi connectivity index (χ3v) is 7.65. The number of esters is 2. The van der Waals surface area contributed by atoms with Crippen molar-refractivity contribution in [2.24, 2.45) is 0 Å². The van der Waals surface area contributed by atoms with Crippen LogP contribution >= 0.6 is 11.6 Å². The van der Waals surface area contributed by atoms with Gasteiger partial charge in [-0.15, -0.1) is 0 Å². The number of rotatable bonds is 8. The number of sulfonamides is 1. The van der Waals surface area contributed by atoms with Crippen molar-refractivity contribution in [3.05, 3.63) is 87.9 Å². The Morgan fingerprint density at radius 2 is 1.46 bits per heavy atom. The second-order valence-corrected chi connectivity index (χ2v) is 10.3. The third kappa shape index (κ3) is 6.28. The highest BCUT2D eigenvalue weighted by atomic mass is 35.5. The van der Waals surface area contributed by atoms with Gasteiger partial charge in [-0.25, -0.2) is 18.0 Å². The number of amides is 1. The van der Waals surface area contributed by atoms with Crippen LogP contribution in [-0.4, -0.2) is 47.0 Å². The number of aryl methyl sites for hydroxylation is 1. The van der Waals surface area contributed by atoms with Crippen LogP contribution in [0.4, 0.5) is 11.4 Å². The second kappa shape index (κ2) is 11.4. The van der Waals surface area contributed by atoms with Crippen LogP contribution < -0.4 is 9.62 Å².